The zero-order chi connectivity index (χ0) is 16.4. The van der Waals surface area contributed by atoms with E-state index in [1.807, 2.05) is 0 Å². The molecule has 0 spiro atoms. The summed E-state index contributed by atoms with van der Waals surface area (Å²) in [5.41, 5.74) is -1.17. The summed E-state index contributed by atoms with van der Waals surface area (Å²) in [7, 11) is 0. The smallest absolute Gasteiger partial charge is 0.393 e. The number of halogens is 3. The van der Waals surface area contributed by atoms with E-state index in [0.29, 0.717) is 31.4 Å². The van der Waals surface area contributed by atoms with Crippen LogP contribution in [0.1, 0.15) is 43.7 Å². The highest BCUT2D eigenvalue weighted by Crippen LogP contribution is 2.45. The van der Waals surface area contributed by atoms with E-state index >= 15 is 0 Å². The van der Waals surface area contributed by atoms with E-state index in [2.05, 4.69) is 5.32 Å². The van der Waals surface area contributed by atoms with Crippen LogP contribution in [0.4, 0.5) is 13.2 Å². The van der Waals surface area contributed by atoms with E-state index in [-0.39, 0.29) is 5.91 Å². The molecule has 0 saturated heterocycles. The average Bonchev–Trinajstić information content (AvgIpc) is 2.36. The number of aliphatic hydroxyl groups excluding tert-OH is 1. The van der Waals surface area contributed by atoms with Gasteiger partial charge >= 0.3 is 6.18 Å². The predicted octanol–water partition coefficient (Wildman–Crippen LogP) is 3.01. The Balaban J connectivity index is 2.18. The van der Waals surface area contributed by atoms with E-state index in [1.54, 1.807) is 13.0 Å². The van der Waals surface area contributed by atoms with Gasteiger partial charge in [0.05, 0.1) is 17.1 Å². The number of hydrogen-bond donors (Lipinski definition) is 2. The Labute approximate surface area is 127 Å². The molecule has 1 fully saturated rings. The fourth-order valence-corrected chi connectivity index (χ4v) is 2.73. The van der Waals surface area contributed by atoms with Crippen molar-refractivity contribution in [2.75, 3.05) is 6.54 Å². The van der Waals surface area contributed by atoms with Crippen LogP contribution in [0.5, 0.6) is 0 Å². The van der Waals surface area contributed by atoms with Gasteiger partial charge in [-0.1, -0.05) is 24.6 Å². The molecular formula is C16H20F3NO2. The van der Waals surface area contributed by atoms with Crippen molar-refractivity contribution >= 4 is 5.91 Å². The van der Waals surface area contributed by atoms with Crippen molar-refractivity contribution in [3.63, 3.8) is 0 Å². The topological polar surface area (TPSA) is 49.3 Å². The molecule has 0 bridgehead atoms. The molecule has 1 aliphatic carbocycles. The maximum Gasteiger partial charge on any atom is 0.416 e. The molecule has 1 aliphatic rings. The third-order valence-electron chi connectivity index (χ3n) is 4.23. The monoisotopic (exact) mass is 315 g/mol. The standard InChI is InChI=1S/C16H20F3NO2/c1-11(21)6-9-20-14(22)15(7-3-8-15)12-4-2-5-13(10-12)16(17,18)19/h2,4-5,10-11,21H,3,6-9H2,1H3,(H,20,22). The number of rotatable bonds is 5. The number of benzene rings is 1. The quantitative estimate of drug-likeness (QED) is 0.877. The lowest BCUT2D eigenvalue weighted by atomic mass is 9.63. The molecule has 1 atom stereocenters. The van der Waals surface area contributed by atoms with Gasteiger partial charge in [-0.2, -0.15) is 13.2 Å². The fourth-order valence-electron chi connectivity index (χ4n) is 2.73. The minimum atomic E-state index is -4.41. The van der Waals surface area contributed by atoms with Crippen LogP contribution in [0.15, 0.2) is 24.3 Å². The molecule has 0 radical (unpaired) electrons. The highest BCUT2D eigenvalue weighted by molar-refractivity contribution is 5.89. The second kappa shape index (κ2) is 6.28. The molecule has 122 valence electrons. The van der Waals surface area contributed by atoms with E-state index in [1.165, 1.54) is 6.07 Å². The van der Waals surface area contributed by atoms with Gasteiger partial charge in [0.2, 0.25) is 5.91 Å². The number of nitrogens with one attached hydrogen (secondary N) is 1. The molecule has 1 amide bonds. The lowest BCUT2D eigenvalue weighted by Gasteiger charge is -2.41. The van der Waals surface area contributed by atoms with Crippen molar-refractivity contribution in [1.29, 1.82) is 0 Å². The van der Waals surface area contributed by atoms with Gasteiger partial charge in [-0.05, 0) is 37.8 Å². The van der Waals surface area contributed by atoms with Gasteiger partial charge in [-0.15, -0.1) is 0 Å². The van der Waals surface area contributed by atoms with E-state index in [0.717, 1.165) is 18.6 Å². The zero-order valence-electron chi connectivity index (χ0n) is 12.4. The Morgan fingerprint density at radius 3 is 2.59 bits per heavy atom. The summed E-state index contributed by atoms with van der Waals surface area (Å²) in [6.07, 6.45) is -2.59. The predicted molar refractivity (Wildman–Crippen MR) is 76.3 cm³/mol. The molecule has 2 N–H and O–H groups in total. The summed E-state index contributed by atoms with van der Waals surface area (Å²) in [5.74, 6) is -0.251. The Morgan fingerprint density at radius 2 is 2.09 bits per heavy atom. The average molecular weight is 315 g/mol. The van der Waals surface area contributed by atoms with Gasteiger partial charge in [0.1, 0.15) is 0 Å². The summed E-state index contributed by atoms with van der Waals surface area (Å²) in [4.78, 5) is 12.4. The maximum atomic E-state index is 12.8. The zero-order valence-corrected chi connectivity index (χ0v) is 12.4. The second-order valence-electron chi connectivity index (χ2n) is 5.91. The fraction of sp³-hybridized carbons (Fsp3) is 0.562. The van der Waals surface area contributed by atoms with Crippen molar-refractivity contribution in [3.8, 4) is 0 Å². The van der Waals surface area contributed by atoms with Gasteiger partial charge in [-0.25, -0.2) is 0 Å². The minimum Gasteiger partial charge on any atom is -0.393 e. The lowest BCUT2D eigenvalue weighted by Crippen LogP contribution is -2.49. The summed E-state index contributed by atoms with van der Waals surface area (Å²) < 4.78 is 38.5. The molecule has 22 heavy (non-hydrogen) atoms. The Morgan fingerprint density at radius 1 is 1.41 bits per heavy atom. The first-order valence-electron chi connectivity index (χ1n) is 7.40. The molecule has 1 saturated carbocycles. The van der Waals surface area contributed by atoms with E-state index < -0.39 is 23.3 Å². The number of hydrogen-bond acceptors (Lipinski definition) is 2. The van der Waals surface area contributed by atoms with Crippen LogP contribution < -0.4 is 5.32 Å². The Kier molecular flexibility index (Phi) is 4.80. The molecule has 2 rings (SSSR count). The van der Waals surface area contributed by atoms with Gasteiger partial charge in [0.25, 0.3) is 0 Å². The second-order valence-corrected chi connectivity index (χ2v) is 5.91. The molecule has 1 aromatic carbocycles. The number of carbonyl (C=O) groups excluding carboxylic acids is 1. The number of aliphatic hydroxyl groups is 1. The first-order chi connectivity index (χ1) is 10.3. The normalized spacial score (nSPS) is 18.4. The minimum absolute atomic E-state index is 0.251. The van der Waals surface area contributed by atoms with E-state index in [9.17, 15) is 23.1 Å². The van der Waals surface area contributed by atoms with Crippen molar-refractivity contribution in [3.05, 3.63) is 35.4 Å². The SMILES string of the molecule is CC(O)CCNC(=O)C1(c2cccc(C(F)(F)F)c2)CCC1. The van der Waals surface area contributed by atoms with Crippen LogP contribution in [0, 0.1) is 0 Å². The maximum absolute atomic E-state index is 12.8. The molecule has 0 aromatic heterocycles. The van der Waals surface area contributed by atoms with Crippen molar-refractivity contribution in [1.82, 2.24) is 5.32 Å². The molecular weight excluding hydrogens is 295 g/mol. The van der Waals surface area contributed by atoms with Crippen LogP contribution in [0.25, 0.3) is 0 Å². The van der Waals surface area contributed by atoms with Gasteiger partial charge < -0.3 is 10.4 Å². The van der Waals surface area contributed by atoms with Crippen LogP contribution in [-0.2, 0) is 16.4 Å². The molecule has 3 nitrogen and oxygen atoms in total. The van der Waals surface area contributed by atoms with Crippen LogP contribution in [0.3, 0.4) is 0 Å². The first-order valence-corrected chi connectivity index (χ1v) is 7.40. The number of carbonyl (C=O) groups is 1. The summed E-state index contributed by atoms with van der Waals surface area (Å²) in [6.45, 7) is 1.94. The van der Waals surface area contributed by atoms with Gasteiger partial charge in [-0.3, -0.25) is 4.79 Å². The summed E-state index contributed by atoms with van der Waals surface area (Å²) in [5, 5.41) is 11.9. The highest BCUT2D eigenvalue weighted by Gasteiger charge is 2.46. The van der Waals surface area contributed by atoms with Crippen LogP contribution >= 0.6 is 0 Å². The third-order valence-corrected chi connectivity index (χ3v) is 4.23. The number of alkyl halides is 3. The molecule has 1 aromatic rings. The highest BCUT2D eigenvalue weighted by atomic mass is 19.4. The summed E-state index contributed by atoms with van der Waals surface area (Å²) in [6, 6.07) is 5.03. The van der Waals surface area contributed by atoms with Crippen LogP contribution in [0.2, 0.25) is 0 Å². The molecule has 0 heterocycles. The largest absolute Gasteiger partial charge is 0.416 e. The molecule has 0 aliphatic heterocycles. The first kappa shape index (κ1) is 16.8. The number of amides is 1. The van der Waals surface area contributed by atoms with E-state index in [4.69, 9.17) is 0 Å². The Hall–Kier alpha value is -1.56. The van der Waals surface area contributed by atoms with Gasteiger partial charge in [0, 0.05) is 6.54 Å². The van der Waals surface area contributed by atoms with Crippen LogP contribution in [-0.4, -0.2) is 23.7 Å². The van der Waals surface area contributed by atoms with Crippen molar-refractivity contribution in [2.45, 2.75) is 50.3 Å². The van der Waals surface area contributed by atoms with Gasteiger partial charge in [0.15, 0.2) is 0 Å². The summed E-state index contributed by atoms with van der Waals surface area (Å²) >= 11 is 0. The van der Waals surface area contributed by atoms with Crippen molar-refractivity contribution < 1.29 is 23.1 Å². The molecule has 6 heteroatoms. The lowest BCUT2D eigenvalue weighted by molar-refractivity contribution is -0.138. The Bertz CT molecular complexity index is 536. The third kappa shape index (κ3) is 3.43. The van der Waals surface area contributed by atoms with Crippen molar-refractivity contribution in [2.24, 2.45) is 0 Å². The molecule has 1 unspecified atom stereocenters.